The van der Waals surface area contributed by atoms with E-state index >= 15 is 0 Å². The third-order valence-corrected chi connectivity index (χ3v) is 4.62. The van der Waals surface area contributed by atoms with E-state index in [2.05, 4.69) is 10.2 Å². The minimum absolute atomic E-state index is 0.0137. The van der Waals surface area contributed by atoms with Crippen LogP contribution in [0, 0.1) is 0 Å². The SMILES string of the molecule is Nc1cc(C(=O)O)ccc1-c1ccc2c3[nH]ncc3c(=O)n(CC(F)(F)F)c2c1. The van der Waals surface area contributed by atoms with E-state index in [4.69, 9.17) is 10.8 Å². The summed E-state index contributed by atoms with van der Waals surface area (Å²) in [6.07, 6.45) is -3.41. The normalized spacial score (nSPS) is 12.0. The third kappa shape index (κ3) is 3.18. The van der Waals surface area contributed by atoms with Crippen molar-refractivity contribution in [2.24, 2.45) is 0 Å². The Labute approximate surface area is 160 Å². The van der Waals surface area contributed by atoms with Gasteiger partial charge in [0.1, 0.15) is 6.54 Å². The van der Waals surface area contributed by atoms with E-state index in [0.717, 1.165) is 0 Å². The molecule has 0 spiro atoms. The summed E-state index contributed by atoms with van der Waals surface area (Å²) in [5.74, 6) is -1.15. The molecule has 2 aromatic carbocycles. The summed E-state index contributed by atoms with van der Waals surface area (Å²) in [4.78, 5) is 23.7. The van der Waals surface area contributed by atoms with Crippen LogP contribution in [0.4, 0.5) is 18.9 Å². The lowest BCUT2D eigenvalue weighted by Gasteiger charge is -2.15. The summed E-state index contributed by atoms with van der Waals surface area (Å²) in [5.41, 5.74) is 6.55. The van der Waals surface area contributed by atoms with Gasteiger partial charge in [-0.05, 0) is 23.8 Å². The highest BCUT2D eigenvalue weighted by molar-refractivity contribution is 6.04. The average molecular weight is 402 g/mol. The summed E-state index contributed by atoms with van der Waals surface area (Å²) in [7, 11) is 0. The number of aromatic nitrogens is 3. The van der Waals surface area contributed by atoms with Crippen LogP contribution < -0.4 is 11.3 Å². The van der Waals surface area contributed by atoms with E-state index in [-0.39, 0.29) is 22.2 Å². The predicted molar refractivity (Wildman–Crippen MR) is 101 cm³/mol. The molecule has 0 saturated heterocycles. The molecular formula is C19H13F3N4O3. The number of aromatic carboxylic acids is 1. The summed E-state index contributed by atoms with van der Waals surface area (Å²) >= 11 is 0. The fraction of sp³-hybridized carbons (Fsp3) is 0.105. The van der Waals surface area contributed by atoms with Gasteiger partial charge in [-0.1, -0.05) is 18.2 Å². The summed E-state index contributed by atoms with van der Waals surface area (Å²) < 4.78 is 40.0. The number of benzene rings is 2. The van der Waals surface area contributed by atoms with Gasteiger partial charge in [0.25, 0.3) is 5.56 Å². The van der Waals surface area contributed by atoms with Crippen molar-refractivity contribution in [1.82, 2.24) is 14.8 Å². The van der Waals surface area contributed by atoms with E-state index in [0.29, 0.717) is 26.6 Å². The zero-order valence-electron chi connectivity index (χ0n) is 14.6. The van der Waals surface area contributed by atoms with E-state index in [1.54, 1.807) is 12.1 Å². The number of nitrogens with one attached hydrogen (secondary N) is 1. The van der Waals surface area contributed by atoms with Crippen molar-refractivity contribution in [3.8, 4) is 11.1 Å². The maximum Gasteiger partial charge on any atom is 0.406 e. The lowest BCUT2D eigenvalue weighted by molar-refractivity contribution is -0.140. The Kier molecular flexibility index (Phi) is 4.07. The summed E-state index contributed by atoms with van der Waals surface area (Å²) in [6.45, 7) is -1.46. The number of nitrogens with zero attached hydrogens (tertiary/aromatic N) is 2. The zero-order chi connectivity index (χ0) is 20.9. The number of H-pyrrole nitrogens is 1. The molecule has 0 fully saturated rings. The molecule has 4 rings (SSSR count). The smallest absolute Gasteiger partial charge is 0.406 e. The number of pyridine rings is 1. The highest BCUT2D eigenvalue weighted by Crippen LogP contribution is 2.32. The standard InChI is InChI=1S/C19H13F3N4O3/c20-19(21,22)8-26-15-6-9(11-3-2-10(18(28)29)5-14(11)23)1-4-12(15)16-13(17(26)27)7-24-25-16/h1-7H,8,23H2,(H,24,25)(H,28,29). The molecule has 0 saturated carbocycles. The quantitative estimate of drug-likeness (QED) is 0.455. The number of carboxylic acids is 1. The Bertz CT molecular complexity index is 1340. The number of carboxylic acid groups (broad SMARTS) is 1. The molecule has 0 aliphatic heterocycles. The Morgan fingerprint density at radius 1 is 1.17 bits per heavy atom. The van der Waals surface area contributed by atoms with Crippen LogP contribution in [0.25, 0.3) is 32.9 Å². The molecule has 0 amide bonds. The number of rotatable bonds is 3. The molecule has 0 atom stereocenters. The first kappa shape index (κ1) is 18.5. The summed E-state index contributed by atoms with van der Waals surface area (Å²) in [6, 6.07) is 8.72. The molecule has 0 bridgehead atoms. The van der Waals surface area contributed by atoms with Gasteiger partial charge in [0, 0.05) is 16.6 Å². The highest BCUT2D eigenvalue weighted by atomic mass is 19.4. The van der Waals surface area contributed by atoms with Crippen molar-refractivity contribution in [2.75, 3.05) is 5.73 Å². The maximum absolute atomic E-state index is 13.1. The molecule has 7 nitrogen and oxygen atoms in total. The van der Waals surface area contributed by atoms with Crippen molar-refractivity contribution in [3.63, 3.8) is 0 Å². The van der Waals surface area contributed by atoms with E-state index < -0.39 is 24.2 Å². The van der Waals surface area contributed by atoms with Gasteiger partial charge in [-0.2, -0.15) is 18.3 Å². The Hall–Kier alpha value is -3.82. The van der Waals surface area contributed by atoms with E-state index in [1.807, 2.05) is 0 Å². The van der Waals surface area contributed by atoms with Crippen LogP contribution in [0.15, 0.2) is 47.4 Å². The minimum atomic E-state index is -4.60. The molecule has 0 unspecified atom stereocenters. The van der Waals surface area contributed by atoms with Gasteiger partial charge in [-0.15, -0.1) is 0 Å². The number of nitrogens with two attached hydrogens (primary N) is 1. The molecule has 0 aliphatic rings. The monoisotopic (exact) mass is 402 g/mol. The van der Waals surface area contributed by atoms with Crippen LogP contribution in [0.2, 0.25) is 0 Å². The second-order valence-corrected chi connectivity index (χ2v) is 6.50. The molecule has 2 heterocycles. The van der Waals surface area contributed by atoms with Crippen molar-refractivity contribution >= 4 is 33.5 Å². The number of aromatic amines is 1. The molecule has 148 valence electrons. The Morgan fingerprint density at radius 2 is 1.93 bits per heavy atom. The number of nitrogen functional groups attached to an aromatic ring is 1. The average Bonchev–Trinajstić information content (AvgIpc) is 3.14. The van der Waals surface area contributed by atoms with Gasteiger partial charge in [0.15, 0.2) is 0 Å². The second kappa shape index (κ2) is 6.36. The number of anilines is 1. The largest absolute Gasteiger partial charge is 0.478 e. The van der Waals surface area contributed by atoms with Crippen molar-refractivity contribution < 1.29 is 23.1 Å². The van der Waals surface area contributed by atoms with Crippen LogP contribution in [-0.4, -0.2) is 32.0 Å². The number of carbonyl (C=O) groups is 1. The van der Waals surface area contributed by atoms with Gasteiger partial charge in [0.05, 0.1) is 28.2 Å². The zero-order valence-corrected chi connectivity index (χ0v) is 14.6. The fourth-order valence-corrected chi connectivity index (χ4v) is 3.34. The van der Waals surface area contributed by atoms with E-state index in [1.165, 1.54) is 30.5 Å². The summed E-state index contributed by atoms with van der Waals surface area (Å²) in [5, 5.41) is 15.9. The number of halogens is 3. The number of hydrogen-bond acceptors (Lipinski definition) is 4. The maximum atomic E-state index is 13.1. The lowest BCUT2D eigenvalue weighted by atomic mass is 9.99. The lowest BCUT2D eigenvalue weighted by Crippen LogP contribution is -2.28. The molecule has 0 aliphatic carbocycles. The van der Waals surface area contributed by atoms with Gasteiger partial charge in [-0.3, -0.25) is 14.5 Å². The molecule has 10 heteroatoms. The first-order valence-corrected chi connectivity index (χ1v) is 8.35. The van der Waals surface area contributed by atoms with E-state index in [9.17, 15) is 22.8 Å². The van der Waals surface area contributed by atoms with Crippen LogP contribution in [0.3, 0.4) is 0 Å². The van der Waals surface area contributed by atoms with Crippen molar-refractivity contribution in [2.45, 2.75) is 12.7 Å². The van der Waals surface area contributed by atoms with Gasteiger partial charge in [-0.25, -0.2) is 4.79 Å². The van der Waals surface area contributed by atoms with Gasteiger partial charge in [0.2, 0.25) is 0 Å². The Morgan fingerprint density at radius 3 is 2.59 bits per heavy atom. The van der Waals surface area contributed by atoms with Crippen molar-refractivity contribution in [1.29, 1.82) is 0 Å². The van der Waals surface area contributed by atoms with Crippen LogP contribution in [0.1, 0.15) is 10.4 Å². The highest BCUT2D eigenvalue weighted by Gasteiger charge is 2.30. The molecule has 4 aromatic rings. The molecule has 4 N–H and O–H groups in total. The molecule has 2 aromatic heterocycles. The van der Waals surface area contributed by atoms with Gasteiger partial charge >= 0.3 is 12.1 Å². The number of fused-ring (bicyclic) bond motifs is 3. The molecular weight excluding hydrogens is 389 g/mol. The topological polar surface area (TPSA) is 114 Å². The molecule has 29 heavy (non-hydrogen) atoms. The number of hydrogen-bond donors (Lipinski definition) is 3. The molecule has 0 radical (unpaired) electrons. The van der Waals surface area contributed by atoms with Gasteiger partial charge < -0.3 is 10.8 Å². The first-order chi connectivity index (χ1) is 13.7. The third-order valence-electron chi connectivity index (χ3n) is 4.62. The van der Waals surface area contributed by atoms with Crippen LogP contribution in [0.5, 0.6) is 0 Å². The number of alkyl halides is 3. The first-order valence-electron chi connectivity index (χ1n) is 8.35. The fourth-order valence-electron chi connectivity index (χ4n) is 3.34. The van der Waals surface area contributed by atoms with Crippen LogP contribution in [-0.2, 0) is 6.54 Å². The second-order valence-electron chi connectivity index (χ2n) is 6.50. The van der Waals surface area contributed by atoms with Crippen molar-refractivity contribution in [3.05, 3.63) is 58.5 Å². The minimum Gasteiger partial charge on any atom is -0.478 e. The Balaban J connectivity index is 2.00. The predicted octanol–water partition coefficient (Wildman–Crippen LogP) is 3.39. The van der Waals surface area contributed by atoms with Crippen LogP contribution >= 0.6 is 0 Å².